The lowest BCUT2D eigenvalue weighted by Gasteiger charge is -2.28. The minimum Gasteiger partial charge on any atom is -0.359 e. The van der Waals surface area contributed by atoms with Crippen molar-refractivity contribution in [3.8, 4) is 0 Å². The van der Waals surface area contributed by atoms with Crippen LogP contribution in [-0.2, 0) is 6.54 Å². The number of anilines is 1. The summed E-state index contributed by atoms with van der Waals surface area (Å²) in [5, 5.41) is 2.94. The monoisotopic (exact) mass is 489 g/mol. The summed E-state index contributed by atoms with van der Waals surface area (Å²) in [6.07, 6.45) is 5.38. The van der Waals surface area contributed by atoms with E-state index in [0.29, 0.717) is 16.5 Å². The Balaban J connectivity index is 1.31. The molecular formula is C24H20F5N5O. The van der Waals surface area contributed by atoms with Gasteiger partial charge in [0, 0.05) is 42.6 Å². The zero-order valence-corrected chi connectivity index (χ0v) is 18.3. The number of aromatic nitrogens is 4. The standard InChI is InChI=1S/C24H20F5N5O/c25-16-6-15-19(7-17(16)26)31-9-20(15)33-23(35)21-10-30-12-34(21)11-13-5-18(27)22(32-8-13)14-1-3-24(28,29)4-2-14/h5-10,12,14,31H,1-4,11H2,(H,33,35). The quantitative estimate of drug-likeness (QED) is 0.350. The molecule has 0 saturated heterocycles. The van der Waals surface area contributed by atoms with Crippen LogP contribution in [0.1, 0.15) is 53.3 Å². The first kappa shape index (κ1) is 23.0. The van der Waals surface area contributed by atoms with Gasteiger partial charge >= 0.3 is 0 Å². The summed E-state index contributed by atoms with van der Waals surface area (Å²) in [4.78, 5) is 23.8. The number of rotatable bonds is 5. The normalized spacial score (nSPS) is 16.0. The summed E-state index contributed by atoms with van der Waals surface area (Å²) in [6.45, 7) is 0.0867. The van der Waals surface area contributed by atoms with E-state index in [9.17, 15) is 26.7 Å². The third kappa shape index (κ3) is 4.62. The highest BCUT2D eigenvalue weighted by molar-refractivity contribution is 6.08. The van der Waals surface area contributed by atoms with Crippen LogP contribution < -0.4 is 5.32 Å². The number of pyridine rings is 1. The number of alkyl halides is 2. The van der Waals surface area contributed by atoms with Gasteiger partial charge in [-0.1, -0.05) is 0 Å². The molecule has 2 N–H and O–H groups in total. The van der Waals surface area contributed by atoms with Gasteiger partial charge in [-0.2, -0.15) is 0 Å². The average Bonchev–Trinajstić information content (AvgIpc) is 3.42. The molecule has 1 saturated carbocycles. The molecule has 0 spiro atoms. The molecule has 4 aromatic rings. The molecule has 6 nitrogen and oxygen atoms in total. The smallest absolute Gasteiger partial charge is 0.274 e. The van der Waals surface area contributed by atoms with E-state index in [2.05, 4.69) is 20.3 Å². The van der Waals surface area contributed by atoms with Crippen molar-refractivity contribution in [3.05, 3.63) is 77.5 Å². The molecule has 0 aliphatic heterocycles. The molecule has 1 fully saturated rings. The maximum Gasteiger partial charge on any atom is 0.274 e. The van der Waals surface area contributed by atoms with Gasteiger partial charge in [0.05, 0.1) is 36.0 Å². The molecule has 3 aromatic heterocycles. The topological polar surface area (TPSA) is 75.6 Å². The van der Waals surface area contributed by atoms with E-state index < -0.39 is 29.3 Å². The number of aromatic amines is 1. The predicted molar refractivity (Wildman–Crippen MR) is 118 cm³/mol. The maximum atomic E-state index is 14.8. The van der Waals surface area contributed by atoms with E-state index in [4.69, 9.17) is 0 Å². The number of benzene rings is 1. The molecular weight excluding hydrogens is 469 g/mol. The maximum absolute atomic E-state index is 14.8. The minimum absolute atomic E-state index is 0.0867. The molecule has 3 heterocycles. The van der Waals surface area contributed by atoms with Crippen molar-refractivity contribution in [2.45, 2.75) is 44.1 Å². The van der Waals surface area contributed by atoms with Gasteiger partial charge in [-0.3, -0.25) is 9.78 Å². The SMILES string of the molecule is O=C(Nc1c[nH]c2cc(F)c(F)cc12)c1cncn1Cc1cnc(C2CCC(F)(F)CC2)c(F)c1. The second-order valence-corrected chi connectivity index (χ2v) is 8.72. The number of carbonyl (C=O) groups is 1. The van der Waals surface area contributed by atoms with Crippen molar-refractivity contribution in [1.82, 2.24) is 19.5 Å². The highest BCUT2D eigenvalue weighted by Crippen LogP contribution is 2.41. The fourth-order valence-corrected chi connectivity index (χ4v) is 4.43. The largest absolute Gasteiger partial charge is 0.359 e. The van der Waals surface area contributed by atoms with Crippen molar-refractivity contribution >= 4 is 22.5 Å². The number of hydrogen-bond acceptors (Lipinski definition) is 3. The second kappa shape index (κ2) is 8.79. The molecule has 0 bridgehead atoms. The highest BCUT2D eigenvalue weighted by atomic mass is 19.3. The summed E-state index contributed by atoms with van der Waals surface area (Å²) < 4.78 is 70.2. The van der Waals surface area contributed by atoms with Crippen LogP contribution in [0.15, 0.2) is 43.1 Å². The molecule has 11 heteroatoms. The molecule has 1 amide bonds. The van der Waals surface area contributed by atoms with Gasteiger partial charge in [-0.25, -0.2) is 26.9 Å². The van der Waals surface area contributed by atoms with E-state index in [1.54, 1.807) is 0 Å². The van der Waals surface area contributed by atoms with Crippen molar-refractivity contribution in [2.75, 3.05) is 5.32 Å². The van der Waals surface area contributed by atoms with Gasteiger partial charge in [0.15, 0.2) is 11.6 Å². The van der Waals surface area contributed by atoms with Gasteiger partial charge < -0.3 is 14.9 Å². The number of imidazole rings is 1. The summed E-state index contributed by atoms with van der Waals surface area (Å²) in [5.74, 6) is -6.24. The van der Waals surface area contributed by atoms with Crippen molar-refractivity contribution in [2.24, 2.45) is 0 Å². The van der Waals surface area contributed by atoms with E-state index in [1.807, 2.05) is 0 Å². The molecule has 0 unspecified atom stereocenters. The summed E-state index contributed by atoms with van der Waals surface area (Å²) in [5.41, 5.74) is 1.36. The number of carbonyl (C=O) groups excluding carboxylic acids is 1. The van der Waals surface area contributed by atoms with Crippen LogP contribution in [-0.4, -0.2) is 31.3 Å². The molecule has 1 aliphatic rings. The predicted octanol–water partition coefficient (Wildman–Crippen LogP) is 5.77. The van der Waals surface area contributed by atoms with Crippen LogP contribution in [0.2, 0.25) is 0 Å². The molecule has 0 radical (unpaired) electrons. The van der Waals surface area contributed by atoms with Gasteiger partial charge in [0.1, 0.15) is 11.5 Å². The van der Waals surface area contributed by atoms with E-state index in [0.717, 1.165) is 12.1 Å². The first-order valence-corrected chi connectivity index (χ1v) is 11.0. The Hall–Kier alpha value is -3.76. The van der Waals surface area contributed by atoms with Crippen LogP contribution in [0.25, 0.3) is 10.9 Å². The van der Waals surface area contributed by atoms with E-state index in [1.165, 1.54) is 35.6 Å². The van der Waals surface area contributed by atoms with Crippen molar-refractivity contribution in [1.29, 1.82) is 0 Å². The van der Waals surface area contributed by atoms with Crippen LogP contribution in [0, 0.1) is 17.5 Å². The molecule has 0 atom stereocenters. The Morgan fingerprint density at radius 1 is 1.09 bits per heavy atom. The lowest BCUT2D eigenvalue weighted by Crippen LogP contribution is -2.24. The fourth-order valence-electron chi connectivity index (χ4n) is 4.43. The van der Waals surface area contributed by atoms with E-state index >= 15 is 0 Å². The molecule has 1 aliphatic carbocycles. The lowest BCUT2D eigenvalue weighted by atomic mass is 9.84. The number of halogens is 5. The zero-order chi connectivity index (χ0) is 24.7. The first-order valence-electron chi connectivity index (χ1n) is 11.0. The number of nitrogens with zero attached hydrogens (tertiary/aromatic N) is 3. The number of fused-ring (bicyclic) bond motifs is 1. The lowest BCUT2D eigenvalue weighted by molar-refractivity contribution is -0.0387. The summed E-state index contributed by atoms with van der Waals surface area (Å²) in [6, 6.07) is 3.26. The first-order chi connectivity index (χ1) is 16.7. The summed E-state index contributed by atoms with van der Waals surface area (Å²) in [7, 11) is 0. The van der Waals surface area contributed by atoms with Gasteiger partial charge in [-0.15, -0.1) is 0 Å². The van der Waals surface area contributed by atoms with Crippen LogP contribution in [0.5, 0.6) is 0 Å². The fraction of sp³-hybridized carbons (Fsp3) is 0.292. The average molecular weight is 489 g/mol. The summed E-state index contributed by atoms with van der Waals surface area (Å²) >= 11 is 0. The molecule has 182 valence electrons. The van der Waals surface area contributed by atoms with Crippen LogP contribution in [0.4, 0.5) is 27.6 Å². The molecule has 1 aromatic carbocycles. The Kier molecular flexibility index (Phi) is 5.78. The third-order valence-corrected chi connectivity index (χ3v) is 6.30. The highest BCUT2D eigenvalue weighted by Gasteiger charge is 2.36. The van der Waals surface area contributed by atoms with Gasteiger partial charge in [-0.05, 0) is 30.5 Å². The number of nitrogens with one attached hydrogen (secondary N) is 2. The zero-order valence-electron chi connectivity index (χ0n) is 18.3. The van der Waals surface area contributed by atoms with Crippen molar-refractivity contribution in [3.63, 3.8) is 0 Å². The number of hydrogen-bond donors (Lipinski definition) is 2. The Labute approximate surface area is 196 Å². The minimum atomic E-state index is -2.71. The Morgan fingerprint density at radius 2 is 1.83 bits per heavy atom. The van der Waals surface area contributed by atoms with Gasteiger partial charge in [0.2, 0.25) is 5.92 Å². The number of H-pyrrole nitrogens is 1. The number of amides is 1. The molecule has 5 rings (SSSR count). The van der Waals surface area contributed by atoms with E-state index in [-0.39, 0.29) is 55.2 Å². The van der Waals surface area contributed by atoms with Crippen LogP contribution in [0.3, 0.4) is 0 Å². The second-order valence-electron chi connectivity index (χ2n) is 8.72. The Bertz CT molecular complexity index is 1400. The van der Waals surface area contributed by atoms with Gasteiger partial charge in [0.25, 0.3) is 5.91 Å². The third-order valence-electron chi connectivity index (χ3n) is 6.30. The molecule has 35 heavy (non-hydrogen) atoms. The van der Waals surface area contributed by atoms with Crippen molar-refractivity contribution < 1.29 is 26.7 Å². The van der Waals surface area contributed by atoms with Crippen LogP contribution >= 0.6 is 0 Å². The Morgan fingerprint density at radius 3 is 2.57 bits per heavy atom.